The number of fused-ring (bicyclic) bond motifs is 2. The van der Waals surface area contributed by atoms with E-state index in [4.69, 9.17) is 19.7 Å². The average molecular weight is 757 g/mol. The number of carboxylic acids is 2. The number of carbonyl (C=O) groups excluding carboxylic acids is 2. The van der Waals surface area contributed by atoms with Crippen LogP contribution in [0, 0.1) is 0 Å². The maximum atomic E-state index is 12.2. The highest BCUT2D eigenvalue weighted by Crippen LogP contribution is 2.44. The molecule has 1 fully saturated rings. The van der Waals surface area contributed by atoms with Crippen molar-refractivity contribution in [3.8, 4) is 5.75 Å². The Balaban J connectivity index is 0.000000199. The number of allylic oxidation sites excluding steroid dienone is 4. The summed E-state index contributed by atoms with van der Waals surface area (Å²) in [5.41, 5.74) is 4.27. The van der Waals surface area contributed by atoms with Crippen molar-refractivity contribution in [1.29, 1.82) is 0 Å². The van der Waals surface area contributed by atoms with Crippen molar-refractivity contribution in [2.24, 2.45) is 0 Å². The second kappa shape index (κ2) is 19.8. The predicted molar refractivity (Wildman–Crippen MR) is 208 cm³/mol. The first-order valence-corrected chi connectivity index (χ1v) is 18.8. The van der Waals surface area contributed by atoms with Gasteiger partial charge < -0.3 is 24.6 Å². The predicted octanol–water partition coefficient (Wildman–Crippen LogP) is 6.69. The summed E-state index contributed by atoms with van der Waals surface area (Å²) in [6.45, 7) is 8.43. The van der Waals surface area contributed by atoms with Gasteiger partial charge in [0, 0.05) is 76.6 Å². The quantitative estimate of drug-likeness (QED) is 0.104. The lowest BCUT2D eigenvalue weighted by atomic mass is 9.85. The first-order chi connectivity index (χ1) is 25.5. The first kappa shape index (κ1) is 40.9. The molecule has 0 aromatic heterocycles. The molecule has 2 unspecified atom stereocenters. The number of piperazine rings is 1. The number of hydrogen-bond acceptors (Lipinski definition) is 10. The molecule has 3 aliphatic rings. The van der Waals surface area contributed by atoms with Crippen LogP contribution in [-0.4, -0.2) is 97.2 Å². The second-order valence-corrected chi connectivity index (χ2v) is 14.2. The summed E-state index contributed by atoms with van der Waals surface area (Å²) in [4.78, 5) is 52.5. The molecule has 1 saturated heterocycles. The van der Waals surface area contributed by atoms with Crippen molar-refractivity contribution in [2.45, 2.75) is 33.1 Å². The van der Waals surface area contributed by atoms with Crippen molar-refractivity contribution >= 4 is 47.0 Å². The summed E-state index contributed by atoms with van der Waals surface area (Å²) in [5, 5.41) is 15.6. The minimum atomic E-state index is -1.26. The summed E-state index contributed by atoms with van der Waals surface area (Å²) in [5.74, 6) is -2.63. The zero-order chi connectivity index (χ0) is 38.5. The molecule has 3 aromatic carbocycles. The lowest BCUT2D eigenvalue weighted by molar-refractivity contribution is -0.134. The van der Waals surface area contributed by atoms with Crippen molar-refractivity contribution in [3.05, 3.63) is 132 Å². The van der Waals surface area contributed by atoms with Gasteiger partial charge in [0.05, 0.1) is 14.2 Å². The number of carbonyl (C=O) groups is 4. The van der Waals surface area contributed by atoms with E-state index in [2.05, 4.69) is 72.1 Å². The van der Waals surface area contributed by atoms with E-state index in [1.54, 1.807) is 25.3 Å². The highest BCUT2D eigenvalue weighted by atomic mass is 32.2. The Hall–Kier alpha value is -4.88. The molecule has 3 aromatic rings. The van der Waals surface area contributed by atoms with Gasteiger partial charge in [0.1, 0.15) is 5.75 Å². The largest absolute Gasteiger partial charge is 0.497 e. The smallest absolute Gasteiger partial charge is 0.328 e. The van der Waals surface area contributed by atoms with E-state index in [-0.39, 0.29) is 23.2 Å². The summed E-state index contributed by atoms with van der Waals surface area (Å²) >= 11 is 3.79. The van der Waals surface area contributed by atoms with E-state index in [1.807, 2.05) is 35.7 Å². The van der Waals surface area contributed by atoms with Crippen LogP contribution in [0.3, 0.4) is 0 Å². The third-order valence-corrected chi connectivity index (χ3v) is 10.8. The third kappa shape index (κ3) is 11.3. The number of ether oxygens (including phenoxy) is 2. The minimum Gasteiger partial charge on any atom is -0.497 e. The molecule has 0 amide bonds. The Labute approximate surface area is 318 Å². The van der Waals surface area contributed by atoms with Crippen LogP contribution in [0.4, 0.5) is 0 Å². The molecule has 0 saturated carbocycles. The normalized spacial score (nSPS) is 17.6. The summed E-state index contributed by atoms with van der Waals surface area (Å²) in [6, 6.07) is 23.8. The lowest BCUT2D eigenvalue weighted by Gasteiger charge is -2.38. The van der Waals surface area contributed by atoms with Gasteiger partial charge in [0.15, 0.2) is 11.5 Å². The highest BCUT2D eigenvalue weighted by Gasteiger charge is 2.30. The Kier molecular flexibility index (Phi) is 15.3. The topological polar surface area (TPSA) is 134 Å². The number of nitrogens with zero attached hydrogens (tertiary/aromatic N) is 2. The van der Waals surface area contributed by atoms with Crippen LogP contribution in [-0.2, 0) is 30.3 Å². The molecule has 12 heteroatoms. The van der Waals surface area contributed by atoms with Crippen LogP contribution in [0.2, 0.25) is 0 Å². The van der Waals surface area contributed by atoms with E-state index >= 15 is 0 Å². The molecule has 53 heavy (non-hydrogen) atoms. The standard InChI is InChI=1S/C20H24N2S2.C17H16O4.C4H4O4/c1-21-9-11-22(12-10-21)18-13-15-5-3-4-6-19(15)24-20-8-7-16(23-2)14-17(18)20;1-4-13(11-5-7-12(20-2)8-6-11)14-9-16(19)17(21-3)10-15(14)18;5-3(6)1-2-4(7)8/h3-8,14,18H,9-13H2,1-2H3;4-10,13H,1H2,2-3H3;1-2H,(H,5,6)(H,7,8). The van der Waals surface area contributed by atoms with Crippen LogP contribution >= 0.6 is 23.5 Å². The zero-order valence-corrected chi connectivity index (χ0v) is 31.8. The van der Waals surface area contributed by atoms with Crippen LogP contribution < -0.4 is 4.74 Å². The number of methoxy groups -OCH3 is 2. The summed E-state index contributed by atoms with van der Waals surface area (Å²) < 4.78 is 9.98. The van der Waals surface area contributed by atoms with Crippen LogP contribution in [0.5, 0.6) is 5.75 Å². The second-order valence-electron chi connectivity index (χ2n) is 12.2. The molecule has 2 heterocycles. The lowest BCUT2D eigenvalue weighted by Crippen LogP contribution is -2.46. The third-order valence-electron chi connectivity index (χ3n) is 8.87. The fourth-order valence-corrected chi connectivity index (χ4v) is 7.59. The SMILES string of the molecule is C=CC(C1=CC(=O)C(OC)=CC1=O)c1ccc(OC)cc1.CSc1ccc2c(c1)C(N1CCN(C)CC1)Cc1ccccc1S2.O=C(O)C=CC(=O)O. The number of benzene rings is 3. The molecule has 6 rings (SSSR count). The molecular formula is C41H44N2O8S2. The maximum absolute atomic E-state index is 12.2. The first-order valence-electron chi connectivity index (χ1n) is 16.8. The molecule has 1 aliphatic carbocycles. The Morgan fingerprint density at radius 2 is 1.55 bits per heavy atom. The van der Waals surface area contributed by atoms with E-state index in [1.165, 1.54) is 58.2 Å². The molecule has 2 aliphatic heterocycles. The number of thioether (sulfide) groups is 1. The average Bonchev–Trinajstić information content (AvgIpc) is 3.33. The van der Waals surface area contributed by atoms with Gasteiger partial charge in [0.25, 0.3) is 0 Å². The molecule has 0 spiro atoms. The Morgan fingerprint density at radius 3 is 2.13 bits per heavy atom. The van der Waals surface area contributed by atoms with E-state index in [9.17, 15) is 19.2 Å². The molecule has 10 nitrogen and oxygen atoms in total. The van der Waals surface area contributed by atoms with Gasteiger partial charge in [-0.05, 0) is 78.9 Å². The van der Waals surface area contributed by atoms with Crippen molar-refractivity contribution < 1.29 is 38.9 Å². The van der Waals surface area contributed by atoms with Gasteiger partial charge in [-0.15, -0.1) is 18.3 Å². The molecular weight excluding hydrogens is 713 g/mol. The fraction of sp³-hybridized carbons (Fsp3) is 0.268. The number of ketones is 2. The number of carboxylic acid groups (broad SMARTS) is 2. The van der Waals surface area contributed by atoms with Crippen molar-refractivity contribution in [1.82, 2.24) is 9.80 Å². The monoisotopic (exact) mass is 756 g/mol. The molecule has 0 bridgehead atoms. The Bertz CT molecular complexity index is 1880. The highest BCUT2D eigenvalue weighted by molar-refractivity contribution is 7.99. The van der Waals surface area contributed by atoms with Gasteiger partial charge in [-0.3, -0.25) is 14.5 Å². The van der Waals surface area contributed by atoms with Crippen LogP contribution in [0.15, 0.2) is 130 Å². The maximum Gasteiger partial charge on any atom is 0.328 e. The summed E-state index contributed by atoms with van der Waals surface area (Å²) in [7, 11) is 5.18. The van der Waals surface area contributed by atoms with E-state index in [0.717, 1.165) is 30.8 Å². The van der Waals surface area contributed by atoms with Crippen LogP contribution in [0.1, 0.15) is 28.7 Å². The van der Waals surface area contributed by atoms with Crippen molar-refractivity contribution in [3.63, 3.8) is 0 Å². The van der Waals surface area contributed by atoms with Gasteiger partial charge in [0.2, 0.25) is 5.78 Å². The molecule has 278 valence electrons. The Morgan fingerprint density at radius 1 is 0.887 bits per heavy atom. The fourth-order valence-electron chi connectivity index (χ4n) is 6.03. The molecule has 0 radical (unpaired) electrons. The van der Waals surface area contributed by atoms with Gasteiger partial charge in [-0.2, -0.15) is 0 Å². The number of likely N-dealkylation sites (N-methyl/N-ethyl adjacent to an activating group) is 1. The molecule has 2 atom stereocenters. The van der Waals surface area contributed by atoms with Gasteiger partial charge in [-0.25, -0.2) is 9.59 Å². The van der Waals surface area contributed by atoms with Crippen LogP contribution in [0.25, 0.3) is 0 Å². The van der Waals surface area contributed by atoms with Gasteiger partial charge in [-0.1, -0.05) is 48.2 Å². The summed E-state index contributed by atoms with van der Waals surface area (Å²) in [6.07, 6.45) is 8.59. The van der Waals surface area contributed by atoms with E-state index < -0.39 is 11.9 Å². The molecule has 2 N–H and O–H groups in total. The number of hydrogen-bond donors (Lipinski definition) is 2. The van der Waals surface area contributed by atoms with E-state index in [0.29, 0.717) is 23.8 Å². The minimum absolute atomic E-state index is 0.0568. The van der Waals surface area contributed by atoms with Crippen molar-refractivity contribution in [2.75, 3.05) is 53.7 Å². The zero-order valence-electron chi connectivity index (χ0n) is 30.2. The van der Waals surface area contributed by atoms with Gasteiger partial charge >= 0.3 is 11.9 Å². The number of aliphatic carboxylic acids is 2. The number of rotatable bonds is 9.